The summed E-state index contributed by atoms with van der Waals surface area (Å²) < 4.78 is 0. The average Bonchev–Trinajstić information content (AvgIpc) is 2.17. The van der Waals surface area contributed by atoms with E-state index in [0.29, 0.717) is 0 Å². The van der Waals surface area contributed by atoms with Crippen LogP contribution in [0.4, 0.5) is 5.69 Å². The van der Waals surface area contributed by atoms with E-state index in [2.05, 4.69) is 10.3 Å². The van der Waals surface area contributed by atoms with Crippen molar-refractivity contribution < 1.29 is 4.79 Å². The highest BCUT2D eigenvalue weighted by Crippen LogP contribution is 2.11. The van der Waals surface area contributed by atoms with Crippen molar-refractivity contribution in [2.24, 2.45) is 5.92 Å². The molecule has 0 aliphatic carbocycles. The zero-order chi connectivity index (χ0) is 12.1. The van der Waals surface area contributed by atoms with E-state index in [1.165, 1.54) is 0 Å². The van der Waals surface area contributed by atoms with E-state index in [1.54, 1.807) is 18.5 Å². The number of nitrogens with zero attached hydrogens (tertiary/aromatic N) is 2. The van der Waals surface area contributed by atoms with Crippen LogP contribution in [0.15, 0.2) is 24.5 Å². The molecule has 0 saturated carbocycles. The van der Waals surface area contributed by atoms with Crippen LogP contribution in [0.3, 0.4) is 0 Å². The van der Waals surface area contributed by atoms with Gasteiger partial charge in [0.05, 0.1) is 17.9 Å². The van der Waals surface area contributed by atoms with Crippen LogP contribution in [0.25, 0.3) is 0 Å². The fraction of sp³-hybridized carbons (Fsp3) is 0.500. The maximum Gasteiger partial charge on any atom is 0.242 e. The first kappa shape index (κ1) is 12.6. The van der Waals surface area contributed by atoms with Gasteiger partial charge in [-0.1, -0.05) is 13.8 Å². The third-order valence-corrected chi connectivity index (χ3v) is 2.39. The van der Waals surface area contributed by atoms with Gasteiger partial charge in [-0.25, -0.2) is 0 Å². The Morgan fingerprint density at radius 2 is 2.12 bits per heavy atom. The molecule has 88 valence electrons. The molecule has 4 nitrogen and oxygen atoms in total. The second-order valence-corrected chi connectivity index (χ2v) is 4.38. The Morgan fingerprint density at radius 3 is 2.56 bits per heavy atom. The fourth-order valence-corrected chi connectivity index (χ4v) is 1.79. The van der Waals surface area contributed by atoms with E-state index in [1.807, 2.05) is 38.9 Å². The Hall–Kier alpha value is -1.42. The number of hydrogen-bond acceptors (Lipinski definition) is 3. The molecule has 1 aromatic rings. The zero-order valence-corrected chi connectivity index (χ0v) is 10.3. The van der Waals surface area contributed by atoms with Crippen molar-refractivity contribution in [2.45, 2.75) is 19.9 Å². The van der Waals surface area contributed by atoms with Gasteiger partial charge in [0.15, 0.2) is 0 Å². The van der Waals surface area contributed by atoms with Crippen LogP contribution in [0.1, 0.15) is 13.8 Å². The number of aromatic nitrogens is 1. The van der Waals surface area contributed by atoms with Gasteiger partial charge in [0.1, 0.15) is 0 Å². The van der Waals surface area contributed by atoms with Crippen LogP contribution in [0, 0.1) is 5.92 Å². The van der Waals surface area contributed by atoms with Crippen molar-refractivity contribution >= 4 is 11.6 Å². The molecule has 0 spiro atoms. The molecule has 1 atom stereocenters. The molecule has 0 bridgehead atoms. The van der Waals surface area contributed by atoms with Crippen molar-refractivity contribution in [3.63, 3.8) is 0 Å². The van der Waals surface area contributed by atoms with Gasteiger partial charge in [0, 0.05) is 6.20 Å². The van der Waals surface area contributed by atoms with E-state index < -0.39 is 0 Å². The first-order valence-corrected chi connectivity index (χ1v) is 5.39. The molecular formula is C12H19N3O. The summed E-state index contributed by atoms with van der Waals surface area (Å²) in [6, 6.07) is 3.51. The molecule has 0 aliphatic heterocycles. The molecule has 0 fully saturated rings. The number of carbonyl (C=O) groups excluding carboxylic acids is 1. The van der Waals surface area contributed by atoms with Gasteiger partial charge in [-0.15, -0.1) is 0 Å². The van der Waals surface area contributed by atoms with Gasteiger partial charge in [0.2, 0.25) is 5.91 Å². The summed E-state index contributed by atoms with van der Waals surface area (Å²) in [5, 5.41) is 2.86. The number of hydrogen-bond donors (Lipinski definition) is 1. The molecule has 1 N–H and O–H groups in total. The minimum atomic E-state index is -0.125. The first-order chi connectivity index (χ1) is 7.52. The average molecular weight is 221 g/mol. The lowest BCUT2D eigenvalue weighted by Gasteiger charge is -2.26. The fourth-order valence-electron chi connectivity index (χ4n) is 1.79. The Bertz CT molecular complexity index is 327. The molecule has 1 amide bonds. The number of pyridine rings is 1. The maximum atomic E-state index is 12.0. The van der Waals surface area contributed by atoms with Crippen LogP contribution in [-0.4, -0.2) is 35.9 Å². The lowest BCUT2D eigenvalue weighted by molar-refractivity contribution is -0.121. The van der Waals surface area contributed by atoms with Gasteiger partial charge in [-0.05, 0) is 32.1 Å². The lowest BCUT2D eigenvalue weighted by Crippen LogP contribution is -2.43. The molecule has 1 rings (SSSR count). The molecule has 4 heteroatoms. The number of carbonyl (C=O) groups is 1. The topological polar surface area (TPSA) is 45.2 Å². The number of rotatable bonds is 4. The smallest absolute Gasteiger partial charge is 0.242 e. The minimum Gasteiger partial charge on any atom is -0.323 e. The quantitative estimate of drug-likeness (QED) is 0.840. The van der Waals surface area contributed by atoms with Gasteiger partial charge < -0.3 is 5.32 Å². The largest absolute Gasteiger partial charge is 0.323 e. The summed E-state index contributed by atoms with van der Waals surface area (Å²) in [5.41, 5.74) is 0.736. The van der Waals surface area contributed by atoms with Gasteiger partial charge >= 0.3 is 0 Å². The highest BCUT2D eigenvalue weighted by Gasteiger charge is 2.24. The molecular weight excluding hydrogens is 202 g/mol. The van der Waals surface area contributed by atoms with Crippen molar-refractivity contribution in [3.05, 3.63) is 24.5 Å². The highest BCUT2D eigenvalue weighted by atomic mass is 16.2. The van der Waals surface area contributed by atoms with Gasteiger partial charge in [0.25, 0.3) is 0 Å². The van der Waals surface area contributed by atoms with Gasteiger partial charge in [-0.3, -0.25) is 14.7 Å². The SMILES string of the molecule is CC(C)[C@@H](C(=O)Nc1cccnc1)N(C)C. The summed E-state index contributed by atoms with van der Waals surface area (Å²) in [7, 11) is 3.82. The molecule has 0 saturated heterocycles. The monoisotopic (exact) mass is 221 g/mol. The summed E-state index contributed by atoms with van der Waals surface area (Å²) >= 11 is 0. The maximum absolute atomic E-state index is 12.0. The Morgan fingerprint density at radius 1 is 1.44 bits per heavy atom. The van der Waals surface area contributed by atoms with Crippen molar-refractivity contribution in [1.82, 2.24) is 9.88 Å². The van der Waals surface area contributed by atoms with Crippen LogP contribution < -0.4 is 5.32 Å². The van der Waals surface area contributed by atoms with Crippen molar-refractivity contribution in [2.75, 3.05) is 19.4 Å². The van der Waals surface area contributed by atoms with Crippen LogP contribution in [0.5, 0.6) is 0 Å². The van der Waals surface area contributed by atoms with Crippen LogP contribution in [-0.2, 0) is 4.79 Å². The normalized spacial score (nSPS) is 12.9. The zero-order valence-electron chi connectivity index (χ0n) is 10.3. The number of likely N-dealkylation sites (N-methyl/N-ethyl adjacent to an activating group) is 1. The second kappa shape index (κ2) is 5.61. The predicted octanol–water partition coefficient (Wildman–Crippen LogP) is 1.61. The van der Waals surface area contributed by atoms with E-state index in [0.717, 1.165) is 5.69 Å². The number of amides is 1. The summed E-state index contributed by atoms with van der Waals surface area (Å²) in [6.45, 7) is 4.07. The Labute approximate surface area is 96.7 Å². The Balaban J connectivity index is 2.70. The molecule has 1 aromatic heterocycles. The highest BCUT2D eigenvalue weighted by molar-refractivity contribution is 5.94. The summed E-state index contributed by atoms with van der Waals surface area (Å²) in [4.78, 5) is 17.9. The van der Waals surface area contributed by atoms with Crippen molar-refractivity contribution in [3.8, 4) is 0 Å². The Kier molecular flexibility index (Phi) is 4.43. The molecule has 0 radical (unpaired) electrons. The lowest BCUT2D eigenvalue weighted by atomic mass is 10.0. The molecule has 0 aliphatic rings. The van der Waals surface area contributed by atoms with E-state index in [4.69, 9.17) is 0 Å². The number of nitrogens with one attached hydrogen (secondary N) is 1. The van der Waals surface area contributed by atoms with E-state index in [9.17, 15) is 4.79 Å². The molecule has 0 aromatic carbocycles. The molecule has 16 heavy (non-hydrogen) atoms. The number of anilines is 1. The summed E-state index contributed by atoms with van der Waals surface area (Å²) in [5.74, 6) is 0.277. The molecule has 0 unspecified atom stereocenters. The predicted molar refractivity (Wildman–Crippen MR) is 65.2 cm³/mol. The summed E-state index contributed by atoms with van der Waals surface area (Å²) in [6.07, 6.45) is 3.33. The van der Waals surface area contributed by atoms with Gasteiger partial charge in [-0.2, -0.15) is 0 Å². The second-order valence-electron chi connectivity index (χ2n) is 4.38. The third kappa shape index (κ3) is 3.31. The van der Waals surface area contributed by atoms with E-state index >= 15 is 0 Å². The standard InChI is InChI=1S/C12H19N3O/c1-9(2)11(15(3)4)12(16)14-10-6-5-7-13-8-10/h5-9,11H,1-4H3,(H,14,16)/t11-/m0/s1. The van der Waals surface area contributed by atoms with Crippen molar-refractivity contribution in [1.29, 1.82) is 0 Å². The van der Waals surface area contributed by atoms with Crippen LogP contribution >= 0.6 is 0 Å². The first-order valence-electron chi connectivity index (χ1n) is 5.39. The van der Waals surface area contributed by atoms with Crippen LogP contribution in [0.2, 0.25) is 0 Å². The van der Waals surface area contributed by atoms with E-state index in [-0.39, 0.29) is 17.9 Å². The third-order valence-electron chi connectivity index (χ3n) is 2.39. The minimum absolute atomic E-state index is 0.00741. The molecule has 1 heterocycles.